The monoisotopic (exact) mass is 301 g/mol. The van der Waals surface area contributed by atoms with Crippen molar-refractivity contribution < 1.29 is 8.78 Å². The maximum Gasteiger partial charge on any atom is 0.142 e. The van der Waals surface area contributed by atoms with Gasteiger partial charge in [-0.1, -0.05) is 41.4 Å². The second-order valence-corrected chi connectivity index (χ2v) is 5.00. The molecule has 0 heterocycles. The summed E-state index contributed by atoms with van der Waals surface area (Å²) in [6.45, 7) is 0. The lowest BCUT2D eigenvalue weighted by Crippen LogP contribution is -2.15. The van der Waals surface area contributed by atoms with Gasteiger partial charge in [0.05, 0.1) is 5.02 Å². The number of halogens is 4. The second-order valence-electron chi connectivity index (χ2n) is 4.19. The van der Waals surface area contributed by atoms with Gasteiger partial charge in [0.25, 0.3) is 0 Å². The molecular weight excluding hydrogens is 291 g/mol. The van der Waals surface area contributed by atoms with Crippen molar-refractivity contribution in [1.29, 1.82) is 0 Å². The van der Waals surface area contributed by atoms with Gasteiger partial charge in [0.2, 0.25) is 0 Å². The molecule has 1 atom stereocenters. The molecule has 1 unspecified atom stereocenters. The van der Waals surface area contributed by atoms with Gasteiger partial charge in [-0.15, -0.1) is 0 Å². The van der Waals surface area contributed by atoms with E-state index in [1.165, 1.54) is 18.2 Å². The van der Waals surface area contributed by atoms with Crippen LogP contribution in [0.15, 0.2) is 36.4 Å². The van der Waals surface area contributed by atoms with E-state index in [0.717, 1.165) is 0 Å². The van der Waals surface area contributed by atoms with E-state index in [1.807, 2.05) is 0 Å². The van der Waals surface area contributed by atoms with Crippen molar-refractivity contribution in [3.8, 4) is 0 Å². The zero-order chi connectivity index (χ0) is 14.0. The molecule has 2 N–H and O–H groups in total. The fourth-order valence-corrected chi connectivity index (χ4v) is 2.22. The summed E-state index contributed by atoms with van der Waals surface area (Å²) in [5.74, 6) is -0.990. The Morgan fingerprint density at radius 2 is 1.79 bits per heavy atom. The van der Waals surface area contributed by atoms with Gasteiger partial charge in [-0.2, -0.15) is 0 Å². The van der Waals surface area contributed by atoms with Gasteiger partial charge in [-0.25, -0.2) is 8.78 Å². The standard InChI is InChI=1S/C14H11Cl2F2N/c15-9-4-5-10(12(18)7-9)13(19)6-8-2-1-3-11(17)14(8)16/h1-5,7,13H,6,19H2. The van der Waals surface area contributed by atoms with Crippen molar-refractivity contribution in [3.05, 3.63) is 69.2 Å². The van der Waals surface area contributed by atoms with Crippen molar-refractivity contribution in [1.82, 2.24) is 0 Å². The van der Waals surface area contributed by atoms with E-state index >= 15 is 0 Å². The van der Waals surface area contributed by atoms with Gasteiger partial charge >= 0.3 is 0 Å². The Labute approximate surface area is 119 Å². The summed E-state index contributed by atoms with van der Waals surface area (Å²) in [6.07, 6.45) is 0.245. The highest BCUT2D eigenvalue weighted by Gasteiger charge is 2.15. The van der Waals surface area contributed by atoms with E-state index in [-0.39, 0.29) is 11.4 Å². The Morgan fingerprint density at radius 3 is 2.47 bits per heavy atom. The Balaban J connectivity index is 2.25. The van der Waals surface area contributed by atoms with Gasteiger partial charge < -0.3 is 5.73 Å². The smallest absolute Gasteiger partial charge is 0.142 e. The van der Waals surface area contributed by atoms with Crippen molar-refractivity contribution in [2.75, 3.05) is 0 Å². The van der Waals surface area contributed by atoms with Gasteiger partial charge in [-0.3, -0.25) is 0 Å². The Hall–Kier alpha value is -1.16. The lowest BCUT2D eigenvalue weighted by atomic mass is 9.99. The van der Waals surface area contributed by atoms with Gasteiger partial charge in [0.1, 0.15) is 11.6 Å². The molecule has 0 spiro atoms. The third-order valence-electron chi connectivity index (χ3n) is 2.83. The molecule has 0 fully saturated rings. The number of benzene rings is 2. The molecule has 2 aromatic carbocycles. The molecule has 1 nitrogen and oxygen atoms in total. The molecule has 0 aliphatic rings. The maximum absolute atomic E-state index is 13.7. The van der Waals surface area contributed by atoms with Crippen LogP contribution in [0, 0.1) is 11.6 Å². The number of hydrogen-bond donors (Lipinski definition) is 1. The van der Waals surface area contributed by atoms with Crippen LogP contribution in [0.2, 0.25) is 10.0 Å². The number of nitrogens with two attached hydrogens (primary N) is 1. The van der Waals surface area contributed by atoms with Crippen LogP contribution in [0.5, 0.6) is 0 Å². The molecule has 100 valence electrons. The molecule has 0 aliphatic heterocycles. The lowest BCUT2D eigenvalue weighted by molar-refractivity contribution is 0.578. The fourth-order valence-electron chi connectivity index (χ4n) is 1.86. The Bertz CT molecular complexity index is 602. The molecule has 19 heavy (non-hydrogen) atoms. The first-order valence-corrected chi connectivity index (χ1v) is 6.38. The normalized spacial score (nSPS) is 12.5. The van der Waals surface area contributed by atoms with E-state index in [4.69, 9.17) is 28.9 Å². The SMILES string of the molecule is NC(Cc1cccc(F)c1Cl)c1ccc(Cl)cc1F. The summed E-state index contributed by atoms with van der Waals surface area (Å²) < 4.78 is 27.0. The first-order valence-electron chi connectivity index (χ1n) is 5.62. The van der Waals surface area contributed by atoms with E-state index < -0.39 is 17.7 Å². The van der Waals surface area contributed by atoms with Crippen LogP contribution in [-0.2, 0) is 6.42 Å². The van der Waals surface area contributed by atoms with E-state index in [2.05, 4.69) is 0 Å². The van der Waals surface area contributed by atoms with Crippen LogP contribution in [-0.4, -0.2) is 0 Å². The molecule has 0 radical (unpaired) electrons. The Morgan fingerprint density at radius 1 is 1.05 bits per heavy atom. The minimum absolute atomic E-state index is 0.0207. The van der Waals surface area contributed by atoms with Crippen LogP contribution in [0.4, 0.5) is 8.78 Å². The maximum atomic E-state index is 13.7. The number of hydrogen-bond acceptors (Lipinski definition) is 1. The average molecular weight is 302 g/mol. The molecule has 0 saturated heterocycles. The van der Waals surface area contributed by atoms with E-state index in [0.29, 0.717) is 16.1 Å². The highest BCUT2D eigenvalue weighted by molar-refractivity contribution is 6.31. The lowest BCUT2D eigenvalue weighted by Gasteiger charge is -2.14. The first-order chi connectivity index (χ1) is 8.99. The summed E-state index contributed by atoms with van der Waals surface area (Å²) in [7, 11) is 0. The summed E-state index contributed by atoms with van der Waals surface area (Å²) in [4.78, 5) is 0. The van der Waals surface area contributed by atoms with Gasteiger partial charge in [-0.05, 0) is 30.2 Å². The molecule has 2 aromatic rings. The van der Waals surface area contributed by atoms with Crippen molar-refractivity contribution >= 4 is 23.2 Å². The quantitative estimate of drug-likeness (QED) is 0.886. The second kappa shape index (κ2) is 5.87. The van der Waals surface area contributed by atoms with Crippen LogP contribution < -0.4 is 5.73 Å². The fraction of sp³-hybridized carbons (Fsp3) is 0.143. The van der Waals surface area contributed by atoms with Crippen LogP contribution in [0.1, 0.15) is 17.2 Å². The molecule has 5 heteroatoms. The van der Waals surface area contributed by atoms with Crippen LogP contribution >= 0.6 is 23.2 Å². The average Bonchev–Trinajstić information content (AvgIpc) is 2.34. The molecule has 0 aromatic heterocycles. The van der Waals surface area contributed by atoms with Crippen LogP contribution in [0.25, 0.3) is 0 Å². The zero-order valence-corrected chi connectivity index (χ0v) is 11.3. The zero-order valence-electron chi connectivity index (χ0n) is 9.84. The predicted octanol–water partition coefficient (Wildman–Crippen LogP) is 4.51. The van der Waals surface area contributed by atoms with Crippen LogP contribution in [0.3, 0.4) is 0 Å². The summed E-state index contributed by atoms with van der Waals surface area (Å²) in [6, 6.07) is 8.14. The third kappa shape index (κ3) is 3.24. The molecule has 0 bridgehead atoms. The molecule has 0 saturated carbocycles. The third-order valence-corrected chi connectivity index (χ3v) is 3.49. The minimum atomic E-state index is -0.614. The van der Waals surface area contributed by atoms with Gasteiger partial charge in [0.15, 0.2) is 0 Å². The van der Waals surface area contributed by atoms with Crippen molar-refractivity contribution in [2.45, 2.75) is 12.5 Å². The summed E-state index contributed by atoms with van der Waals surface area (Å²) in [5, 5.41) is 0.324. The van der Waals surface area contributed by atoms with E-state index in [1.54, 1.807) is 18.2 Å². The summed E-state index contributed by atoms with van der Waals surface area (Å²) in [5.41, 5.74) is 6.80. The highest BCUT2D eigenvalue weighted by atomic mass is 35.5. The highest BCUT2D eigenvalue weighted by Crippen LogP contribution is 2.26. The summed E-state index contributed by atoms with van der Waals surface area (Å²) >= 11 is 11.5. The molecule has 2 rings (SSSR count). The van der Waals surface area contributed by atoms with E-state index in [9.17, 15) is 8.78 Å². The topological polar surface area (TPSA) is 26.0 Å². The van der Waals surface area contributed by atoms with Crippen molar-refractivity contribution in [2.24, 2.45) is 5.73 Å². The molecular formula is C14H11Cl2F2N. The number of rotatable bonds is 3. The minimum Gasteiger partial charge on any atom is -0.324 e. The molecule has 0 amide bonds. The largest absolute Gasteiger partial charge is 0.324 e. The first kappa shape index (κ1) is 14.3. The predicted molar refractivity (Wildman–Crippen MR) is 73.5 cm³/mol. The van der Waals surface area contributed by atoms with Crippen molar-refractivity contribution in [3.63, 3.8) is 0 Å². The van der Waals surface area contributed by atoms with Gasteiger partial charge in [0, 0.05) is 16.6 Å². The Kier molecular flexibility index (Phi) is 4.40. The molecule has 0 aliphatic carbocycles.